The van der Waals surface area contributed by atoms with Crippen LogP contribution in [-0.2, 0) is 4.79 Å². The molecule has 1 aliphatic heterocycles. The standard InChI is InChI=1S/C19H26FN3O3/c20-15-5-4-8-17(13-15)26-14-18(24)22-9-11-23(12-10-22)19(25)21-16-6-2-1-3-7-16/h4-5,8,13,16H,1-3,6-7,9-12,14H2,(H,21,25). The van der Waals surface area contributed by atoms with Crippen molar-refractivity contribution in [2.24, 2.45) is 0 Å². The molecule has 0 spiro atoms. The molecule has 1 saturated carbocycles. The topological polar surface area (TPSA) is 61.9 Å². The highest BCUT2D eigenvalue weighted by molar-refractivity contribution is 5.79. The van der Waals surface area contributed by atoms with Crippen LogP contribution in [0.1, 0.15) is 32.1 Å². The number of hydrogen-bond donors (Lipinski definition) is 1. The second-order valence-electron chi connectivity index (χ2n) is 6.90. The van der Waals surface area contributed by atoms with Gasteiger partial charge in [0.1, 0.15) is 11.6 Å². The Morgan fingerprint density at radius 1 is 1.08 bits per heavy atom. The van der Waals surface area contributed by atoms with E-state index < -0.39 is 5.82 Å². The second-order valence-corrected chi connectivity index (χ2v) is 6.90. The molecule has 1 aromatic carbocycles. The maximum Gasteiger partial charge on any atom is 0.317 e. The van der Waals surface area contributed by atoms with Gasteiger partial charge in [-0.1, -0.05) is 25.3 Å². The molecule has 1 aliphatic carbocycles. The molecule has 6 nitrogen and oxygen atoms in total. The smallest absolute Gasteiger partial charge is 0.317 e. The fraction of sp³-hybridized carbons (Fsp3) is 0.579. The number of ether oxygens (including phenoxy) is 1. The van der Waals surface area contributed by atoms with E-state index in [4.69, 9.17) is 4.74 Å². The number of benzene rings is 1. The summed E-state index contributed by atoms with van der Waals surface area (Å²) in [6.45, 7) is 1.89. The molecule has 3 rings (SSSR count). The van der Waals surface area contributed by atoms with Crippen LogP contribution in [0.3, 0.4) is 0 Å². The third-order valence-corrected chi connectivity index (χ3v) is 5.01. The number of carbonyl (C=O) groups is 2. The quantitative estimate of drug-likeness (QED) is 0.894. The van der Waals surface area contributed by atoms with Crippen molar-refractivity contribution in [3.63, 3.8) is 0 Å². The van der Waals surface area contributed by atoms with Crippen LogP contribution in [0, 0.1) is 5.82 Å². The van der Waals surface area contributed by atoms with E-state index >= 15 is 0 Å². The monoisotopic (exact) mass is 363 g/mol. The molecule has 0 unspecified atom stereocenters. The second kappa shape index (κ2) is 8.87. The summed E-state index contributed by atoms with van der Waals surface area (Å²) >= 11 is 0. The third kappa shape index (κ3) is 5.09. The van der Waals surface area contributed by atoms with Gasteiger partial charge < -0.3 is 19.9 Å². The van der Waals surface area contributed by atoms with E-state index in [1.165, 1.54) is 31.4 Å². The van der Waals surface area contributed by atoms with Crippen molar-refractivity contribution in [1.82, 2.24) is 15.1 Å². The molecule has 1 N–H and O–H groups in total. The molecule has 1 aromatic rings. The zero-order chi connectivity index (χ0) is 18.4. The van der Waals surface area contributed by atoms with Crippen molar-refractivity contribution < 1.29 is 18.7 Å². The van der Waals surface area contributed by atoms with Gasteiger partial charge in [-0.15, -0.1) is 0 Å². The molecule has 142 valence electrons. The van der Waals surface area contributed by atoms with E-state index in [0.29, 0.717) is 31.9 Å². The Bertz CT molecular complexity index is 626. The van der Waals surface area contributed by atoms with E-state index in [0.717, 1.165) is 12.8 Å². The lowest BCUT2D eigenvalue weighted by atomic mass is 9.96. The molecule has 3 amide bonds. The van der Waals surface area contributed by atoms with Crippen LogP contribution in [0.25, 0.3) is 0 Å². The van der Waals surface area contributed by atoms with Gasteiger partial charge in [-0.2, -0.15) is 0 Å². The summed E-state index contributed by atoms with van der Waals surface area (Å²) < 4.78 is 18.5. The van der Waals surface area contributed by atoms with E-state index in [1.807, 2.05) is 0 Å². The summed E-state index contributed by atoms with van der Waals surface area (Å²) in [6.07, 6.45) is 5.73. The third-order valence-electron chi connectivity index (χ3n) is 5.01. The Labute approximate surface area is 153 Å². The Kier molecular flexibility index (Phi) is 6.30. The van der Waals surface area contributed by atoms with Crippen LogP contribution in [-0.4, -0.2) is 60.6 Å². The van der Waals surface area contributed by atoms with Gasteiger partial charge >= 0.3 is 6.03 Å². The summed E-state index contributed by atoms with van der Waals surface area (Å²) in [6, 6.07) is 5.99. The van der Waals surface area contributed by atoms with Gasteiger partial charge in [0.05, 0.1) is 0 Å². The summed E-state index contributed by atoms with van der Waals surface area (Å²) in [4.78, 5) is 28.0. The number of urea groups is 1. The number of carbonyl (C=O) groups excluding carboxylic acids is 2. The first-order valence-electron chi connectivity index (χ1n) is 9.33. The van der Waals surface area contributed by atoms with Crippen LogP contribution in [0.4, 0.5) is 9.18 Å². The molecule has 0 radical (unpaired) electrons. The molecular weight excluding hydrogens is 337 g/mol. The lowest BCUT2D eigenvalue weighted by Gasteiger charge is -2.36. The van der Waals surface area contributed by atoms with E-state index in [-0.39, 0.29) is 24.6 Å². The minimum atomic E-state index is -0.396. The maximum absolute atomic E-state index is 13.1. The van der Waals surface area contributed by atoms with Crippen molar-refractivity contribution in [2.75, 3.05) is 32.8 Å². The largest absolute Gasteiger partial charge is 0.484 e. The summed E-state index contributed by atoms with van der Waals surface area (Å²) in [7, 11) is 0. The van der Waals surface area contributed by atoms with Gasteiger partial charge in [-0.25, -0.2) is 9.18 Å². The zero-order valence-electron chi connectivity index (χ0n) is 15.0. The average Bonchev–Trinajstić information content (AvgIpc) is 2.67. The zero-order valence-corrected chi connectivity index (χ0v) is 15.0. The first-order valence-corrected chi connectivity index (χ1v) is 9.33. The van der Waals surface area contributed by atoms with Crippen molar-refractivity contribution >= 4 is 11.9 Å². The van der Waals surface area contributed by atoms with Gasteiger partial charge in [0, 0.05) is 38.3 Å². The minimum absolute atomic E-state index is 0.0278. The summed E-state index contributed by atoms with van der Waals surface area (Å²) in [5.41, 5.74) is 0. The van der Waals surface area contributed by atoms with Crippen molar-refractivity contribution in [1.29, 1.82) is 0 Å². The summed E-state index contributed by atoms with van der Waals surface area (Å²) in [5.74, 6) is -0.210. The fourth-order valence-corrected chi connectivity index (χ4v) is 3.46. The van der Waals surface area contributed by atoms with Gasteiger partial charge in [0.15, 0.2) is 6.61 Å². The van der Waals surface area contributed by atoms with E-state index in [2.05, 4.69) is 5.32 Å². The predicted molar refractivity (Wildman–Crippen MR) is 95.5 cm³/mol. The highest BCUT2D eigenvalue weighted by Gasteiger charge is 2.26. The van der Waals surface area contributed by atoms with Crippen LogP contribution < -0.4 is 10.1 Å². The molecule has 26 heavy (non-hydrogen) atoms. The lowest BCUT2D eigenvalue weighted by Crippen LogP contribution is -2.55. The number of piperazine rings is 1. The van der Waals surface area contributed by atoms with Crippen molar-refractivity contribution in [3.05, 3.63) is 30.1 Å². The number of halogens is 1. The number of nitrogens with one attached hydrogen (secondary N) is 1. The van der Waals surface area contributed by atoms with Crippen molar-refractivity contribution in [3.8, 4) is 5.75 Å². The number of amides is 3. The van der Waals surface area contributed by atoms with E-state index in [9.17, 15) is 14.0 Å². The average molecular weight is 363 g/mol. The first-order chi connectivity index (χ1) is 12.6. The molecule has 0 atom stereocenters. The Morgan fingerprint density at radius 3 is 2.46 bits per heavy atom. The molecule has 0 bridgehead atoms. The highest BCUT2D eigenvalue weighted by atomic mass is 19.1. The molecule has 2 fully saturated rings. The Balaban J connectivity index is 1.39. The normalized spacial score (nSPS) is 18.5. The Hall–Kier alpha value is -2.31. The number of nitrogens with zero attached hydrogens (tertiary/aromatic N) is 2. The van der Waals surface area contributed by atoms with Crippen LogP contribution in [0.15, 0.2) is 24.3 Å². The van der Waals surface area contributed by atoms with E-state index in [1.54, 1.807) is 21.9 Å². The summed E-state index contributed by atoms with van der Waals surface area (Å²) in [5, 5.41) is 3.11. The SMILES string of the molecule is O=C(COc1cccc(F)c1)N1CCN(C(=O)NC2CCCCC2)CC1. The molecule has 0 aromatic heterocycles. The van der Waals surface area contributed by atoms with Crippen molar-refractivity contribution in [2.45, 2.75) is 38.1 Å². The van der Waals surface area contributed by atoms with Gasteiger partial charge in [-0.3, -0.25) is 4.79 Å². The maximum atomic E-state index is 13.1. The predicted octanol–water partition coefficient (Wildman–Crippen LogP) is 2.39. The Morgan fingerprint density at radius 2 is 1.77 bits per heavy atom. The molecule has 1 saturated heterocycles. The molecule has 7 heteroatoms. The molecule has 1 heterocycles. The van der Waals surface area contributed by atoms with Gasteiger partial charge in [-0.05, 0) is 25.0 Å². The number of hydrogen-bond acceptors (Lipinski definition) is 3. The highest BCUT2D eigenvalue weighted by Crippen LogP contribution is 2.18. The minimum Gasteiger partial charge on any atom is -0.484 e. The molecule has 2 aliphatic rings. The van der Waals surface area contributed by atoms with Crippen LogP contribution in [0.2, 0.25) is 0 Å². The first kappa shape index (κ1) is 18.5. The van der Waals surface area contributed by atoms with Gasteiger partial charge in [0.2, 0.25) is 0 Å². The van der Waals surface area contributed by atoms with Crippen LogP contribution >= 0.6 is 0 Å². The number of rotatable bonds is 4. The van der Waals surface area contributed by atoms with Gasteiger partial charge in [0.25, 0.3) is 5.91 Å². The van der Waals surface area contributed by atoms with Crippen LogP contribution in [0.5, 0.6) is 5.75 Å². The lowest BCUT2D eigenvalue weighted by molar-refractivity contribution is -0.134. The fourth-order valence-electron chi connectivity index (χ4n) is 3.46. The molecular formula is C19H26FN3O3.